The first kappa shape index (κ1) is 14.0. The molecule has 2 N–H and O–H groups in total. The Labute approximate surface area is 90.5 Å². The van der Waals surface area contributed by atoms with Crippen molar-refractivity contribution in [3.63, 3.8) is 0 Å². The molecule has 0 aliphatic carbocycles. The molecule has 0 amide bonds. The zero-order valence-electron chi connectivity index (χ0n) is 10.4. The van der Waals surface area contributed by atoms with E-state index in [2.05, 4.69) is 20.8 Å². The van der Waals surface area contributed by atoms with E-state index in [1.54, 1.807) is 0 Å². The van der Waals surface area contributed by atoms with Gasteiger partial charge >= 0.3 is 0 Å². The Balaban J connectivity index is 3.72. The van der Waals surface area contributed by atoms with E-state index < -0.39 is 0 Å². The maximum atomic E-state index is 5.75. The van der Waals surface area contributed by atoms with E-state index in [1.807, 2.05) is 0 Å². The van der Waals surface area contributed by atoms with Crippen LogP contribution in [0.4, 0.5) is 0 Å². The van der Waals surface area contributed by atoms with E-state index >= 15 is 0 Å². The molecule has 0 radical (unpaired) electrons. The first-order valence-electron chi connectivity index (χ1n) is 6.46. The fourth-order valence-corrected chi connectivity index (χ4v) is 2.03. The number of hydrogen-bond acceptors (Lipinski definition) is 1. The SMILES string of the molecule is CCCCC[C@@H](CCCC)[C@H](C)CN. The van der Waals surface area contributed by atoms with Crippen molar-refractivity contribution in [3.05, 3.63) is 0 Å². The summed E-state index contributed by atoms with van der Waals surface area (Å²) in [7, 11) is 0. The Morgan fingerprint density at radius 2 is 1.50 bits per heavy atom. The molecule has 0 aliphatic heterocycles. The Hall–Kier alpha value is -0.0400. The lowest BCUT2D eigenvalue weighted by atomic mass is 9.85. The molecule has 0 spiro atoms. The van der Waals surface area contributed by atoms with Crippen LogP contribution in [0.5, 0.6) is 0 Å². The van der Waals surface area contributed by atoms with Crippen molar-refractivity contribution in [1.82, 2.24) is 0 Å². The lowest BCUT2D eigenvalue weighted by Crippen LogP contribution is -2.20. The van der Waals surface area contributed by atoms with Gasteiger partial charge in [0.15, 0.2) is 0 Å². The van der Waals surface area contributed by atoms with Crippen LogP contribution < -0.4 is 5.73 Å². The van der Waals surface area contributed by atoms with Crippen LogP contribution in [0.3, 0.4) is 0 Å². The Kier molecular flexibility index (Phi) is 9.49. The van der Waals surface area contributed by atoms with Gasteiger partial charge in [-0.2, -0.15) is 0 Å². The van der Waals surface area contributed by atoms with E-state index in [9.17, 15) is 0 Å². The highest BCUT2D eigenvalue weighted by atomic mass is 14.5. The van der Waals surface area contributed by atoms with Crippen molar-refractivity contribution in [3.8, 4) is 0 Å². The topological polar surface area (TPSA) is 26.0 Å². The zero-order valence-corrected chi connectivity index (χ0v) is 10.4. The molecule has 1 nitrogen and oxygen atoms in total. The Bertz CT molecular complexity index is 112. The first-order chi connectivity index (χ1) is 6.76. The van der Waals surface area contributed by atoms with Crippen LogP contribution in [-0.2, 0) is 0 Å². The van der Waals surface area contributed by atoms with E-state index in [0.29, 0.717) is 0 Å². The maximum absolute atomic E-state index is 5.75. The summed E-state index contributed by atoms with van der Waals surface area (Å²) in [6.45, 7) is 7.72. The molecule has 1 heteroatoms. The molecule has 0 saturated heterocycles. The highest BCUT2D eigenvalue weighted by Gasteiger charge is 2.14. The van der Waals surface area contributed by atoms with Crippen molar-refractivity contribution >= 4 is 0 Å². The maximum Gasteiger partial charge on any atom is -0.00489 e. The summed E-state index contributed by atoms with van der Waals surface area (Å²) in [6, 6.07) is 0. The van der Waals surface area contributed by atoms with Gasteiger partial charge in [0.05, 0.1) is 0 Å². The highest BCUT2D eigenvalue weighted by molar-refractivity contribution is 4.67. The molecule has 0 unspecified atom stereocenters. The normalized spacial score (nSPS) is 15.4. The van der Waals surface area contributed by atoms with Gasteiger partial charge in [-0.15, -0.1) is 0 Å². The lowest BCUT2D eigenvalue weighted by molar-refractivity contribution is 0.304. The molecule has 2 atom stereocenters. The molecule has 0 aromatic rings. The molecule has 0 bridgehead atoms. The van der Waals surface area contributed by atoms with Crippen LogP contribution >= 0.6 is 0 Å². The van der Waals surface area contributed by atoms with Gasteiger partial charge in [-0.3, -0.25) is 0 Å². The Morgan fingerprint density at radius 3 is 2.00 bits per heavy atom. The molecule has 14 heavy (non-hydrogen) atoms. The molecule has 86 valence electrons. The van der Waals surface area contributed by atoms with Crippen molar-refractivity contribution < 1.29 is 0 Å². The van der Waals surface area contributed by atoms with Gasteiger partial charge in [-0.1, -0.05) is 65.7 Å². The Morgan fingerprint density at radius 1 is 0.929 bits per heavy atom. The van der Waals surface area contributed by atoms with E-state index in [0.717, 1.165) is 18.4 Å². The standard InChI is InChI=1S/C13H29N/c1-4-6-8-10-13(9-7-5-2)12(3)11-14/h12-13H,4-11,14H2,1-3H3/t12-,13-/m1/s1. The van der Waals surface area contributed by atoms with Gasteiger partial charge in [-0.05, 0) is 18.4 Å². The molecule has 0 aliphatic rings. The smallest absolute Gasteiger partial charge is 0.00489 e. The van der Waals surface area contributed by atoms with Crippen molar-refractivity contribution in [2.45, 2.75) is 65.7 Å². The number of nitrogens with two attached hydrogens (primary N) is 1. The zero-order chi connectivity index (χ0) is 10.8. The lowest BCUT2D eigenvalue weighted by Gasteiger charge is -2.22. The minimum atomic E-state index is 0.721. The molecule has 0 fully saturated rings. The van der Waals surface area contributed by atoms with Gasteiger partial charge in [0.25, 0.3) is 0 Å². The second-order valence-corrected chi connectivity index (χ2v) is 4.61. The fraction of sp³-hybridized carbons (Fsp3) is 1.00. The largest absolute Gasteiger partial charge is 0.330 e. The highest BCUT2D eigenvalue weighted by Crippen LogP contribution is 2.24. The van der Waals surface area contributed by atoms with Crippen LogP contribution in [0.25, 0.3) is 0 Å². The van der Waals surface area contributed by atoms with Gasteiger partial charge < -0.3 is 5.73 Å². The average molecular weight is 199 g/mol. The number of rotatable bonds is 9. The van der Waals surface area contributed by atoms with Gasteiger partial charge in [0.2, 0.25) is 0 Å². The number of unbranched alkanes of at least 4 members (excludes halogenated alkanes) is 3. The molecular formula is C13H29N. The average Bonchev–Trinajstić information content (AvgIpc) is 2.22. The van der Waals surface area contributed by atoms with E-state index in [4.69, 9.17) is 5.73 Å². The molecule has 0 saturated carbocycles. The molecule has 0 aromatic heterocycles. The van der Waals surface area contributed by atoms with Crippen LogP contribution in [0.2, 0.25) is 0 Å². The predicted octanol–water partition coefficient (Wildman–Crippen LogP) is 3.97. The van der Waals surface area contributed by atoms with Crippen molar-refractivity contribution in [2.24, 2.45) is 17.6 Å². The summed E-state index contributed by atoms with van der Waals surface area (Å²) in [5.41, 5.74) is 5.75. The second kappa shape index (κ2) is 9.51. The summed E-state index contributed by atoms with van der Waals surface area (Å²) >= 11 is 0. The van der Waals surface area contributed by atoms with Gasteiger partial charge in [0, 0.05) is 0 Å². The molecule has 0 aromatic carbocycles. The summed E-state index contributed by atoms with van der Waals surface area (Å²) in [4.78, 5) is 0. The summed E-state index contributed by atoms with van der Waals surface area (Å²) in [5, 5.41) is 0. The first-order valence-corrected chi connectivity index (χ1v) is 6.46. The monoisotopic (exact) mass is 199 g/mol. The minimum absolute atomic E-state index is 0.721. The van der Waals surface area contributed by atoms with Crippen LogP contribution in [0.1, 0.15) is 65.7 Å². The van der Waals surface area contributed by atoms with Crippen molar-refractivity contribution in [2.75, 3.05) is 6.54 Å². The summed E-state index contributed by atoms with van der Waals surface area (Å²) < 4.78 is 0. The number of hydrogen-bond donors (Lipinski definition) is 1. The molecule has 0 heterocycles. The minimum Gasteiger partial charge on any atom is -0.330 e. The van der Waals surface area contributed by atoms with Gasteiger partial charge in [0.1, 0.15) is 0 Å². The van der Waals surface area contributed by atoms with Crippen molar-refractivity contribution in [1.29, 1.82) is 0 Å². The third-order valence-corrected chi connectivity index (χ3v) is 3.28. The molecule has 0 rings (SSSR count). The second-order valence-electron chi connectivity index (χ2n) is 4.61. The third-order valence-electron chi connectivity index (χ3n) is 3.28. The quantitative estimate of drug-likeness (QED) is 0.559. The van der Waals surface area contributed by atoms with Crippen LogP contribution in [0, 0.1) is 11.8 Å². The van der Waals surface area contributed by atoms with Crippen LogP contribution in [-0.4, -0.2) is 6.54 Å². The van der Waals surface area contributed by atoms with E-state index in [1.165, 1.54) is 44.9 Å². The van der Waals surface area contributed by atoms with Gasteiger partial charge in [-0.25, -0.2) is 0 Å². The molecular weight excluding hydrogens is 170 g/mol. The summed E-state index contributed by atoms with van der Waals surface area (Å²) in [5.74, 6) is 1.60. The fourth-order valence-electron chi connectivity index (χ4n) is 2.03. The van der Waals surface area contributed by atoms with E-state index in [-0.39, 0.29) is 0 Å². The van der Waals surface area contributed by atoms with Crippen LogP contribution in [0.15, 0.2) is 0 Å². The predicted molar refractivity (Wildman–Crippen MR) is 65.4 cm³/mol. The third kappa shape index (κ3) is 6.42. The summed E-state index contributed by atoms with van der Waals surface area (Å²) in [6.07, 6.45) is 9.60.